The summed E-state index contributed by atoms with van der Waals surface area (Å²) >= 11 is -2.32. The van der Waals surface area contributed by atoms with Gasteiger partial charge >= 0.3 is 0 Å². The van der Waals surface area contributed by atoms with Crippen molar-refractivity contribution in [3.63, 3.8) is 0 Å². The second-order valence-electron chi connectivity index (χ2n) is 0.594. The molecule has 0 aliphatic heterocycles. The van der Waals surface area contributed by atoms with Crippen molar-refractivity contribution in [2.45, 2.75) is 6.92 Å². The molecule has 0 aromatic heterocycles. The molecule has 0 heterocycles. The molecular weight excluding hydrogens is 130 g/mol. The van der Waals surface area contributed by atoms with Gasteiger partial charge in [0.25, 0.3) is 0 Å². The maximum Gasteiger partial charge on any atom is 0.0839 e. The molecule has 4 nitrogen and oxygen atoms in total. The van der Waals surface area contributed by atoms with Crippen molar-refractivity contribution in [1.29, 1.82) is 5.26 Å². The molecule has 8 heavy (non-hydrogen) atoms. The Bertz CT molecular complexity index is 97.2. The van der Waals surface area contributed by atoms with Gasteiger partial charge in [-0.15, -0.1) is 0 Å². The topological polar surface area (TPSA) is 73.1 Å². The fourth-order valence-corrected chi connectivity index (χ4v) is 0. The van der Waals surface area contributed by atoms with Crippen LogP contribution in [0.1, 0.15) is 6.92 Å². The van der Waals surface area contributed by atoms with E-state index in [1.54, 1.807) is 6.07 Å². The Kier molecular flexibility index (Phi) is 12.8. The van der Waals surface area contributed by atoms with Crippen LogP contribution in [0.15, 0.2) is 0 Å². The molecular formula is C3H6NO3S-. The molecule has 0 radical (unpaired) electrons. The third-order valence-corrected chi connectivity index (χ3v) is 0.408. The zero-order chi connectivity index (χ0) is 6.99. The van der Waals surface area contributed by atoms with Gasteiger partial charge in [0, 0.05) is 6.92 Å². The SMILES string of the molecule is CC#N.COS(=O)[O-]. The molecule has 0 saturated heterocycles. The fourth-order valence-electron chi connectivity index (χ4n) is 0. The van der Waals surface area contributed by atoms with Crippen molar-refractivity contribution in [2.75, 3.05) is 7.11 Å². The molecule has 0 aromatic carbocycles. The van der Waals surface area contributed by atoms with Crippen LogP contribution in [-0.2, 0) is 15.5 Å². The Labute approximate surface area is 50.6 Å². The summed E-state index contributed by atoms with van der Waals surface area (Å²) in [5, 5.41) is 7.32. The Balaban J connectivity index is 0. The average molecular weight is 136 g/mol. The summed E-state index contributed by atoms with van der Waals surface area (Å²) in [4.78, 5) is 0. The maximum absolute atomic E-state index is 9.15. The van der Waals surface area contributed by atoms with Crippen LogP contribution >= 0.6 is 0 Å². The molecule has 1 unspecified atom stereocenters. The summed E-state index contributed by atoms with van der Waals surface area (Å²) in [6.45, 7) is 1.43. The van der Waals surface area contributed by atoms with Crippen LogP contribution in [0, 0.1) is 11.3 Å². The fraction of sp³-hybridized carbons (Fsp3) is 0.667. The van der Waals surface area contributed by atoms with E-state index in [0.717, 1.165) is 7.11 Å². The molecule has 0 saturated carbocycles. The van der Waals surface area contributed by atoms with Crippen molar-refractivity contribution >= 4 is 11.4 Å². The minimum Gasteiger partial charge on any atom is -0.750 e. The van der Waals surface area contributed by atoms with E-state index in [-0.39, 0.29) is 0 Å². The van der Waals surface area contributed by atoms with Crippen LogP contribution in [0.2, 0.25) is 0 Å². The van der Waals surface area contributed by atoms with Crippen molar-refractivity contribution in [3.8, 4) is 6.07 Å². The Hall–Kier alpha value is -0.440. The first-order valence-corrected chi connectivity index (χ1v) is 2.63. The minimum absolute atomic E-state index is 1.09. The van der Waals surface area contributed by atoms with Crippen LogP contribution in [0.5, 0.6) is 0 Å². The first-order chi connectivity index (χ1) is 3.68. The van der Waals surface area contributed by atoms with Crippen molar-refractivity contribution in [1.82, 2.24) is 0 Å². The number of hydrogen-bond acceptors (Lipinski definition) is 4. The molecule has 0 fully saturated rings. The van der Waals surface area contributed by atoms with E-state index in [2.05, 4.69) is 4.18 Å². The first kappa shape index (κ1) is 10.5. The average Bonchev–Trinajstić information content (AvgIpc) is 1.69. The second kappa shape index (κ2) is 9.75. The number of rotatable bonds is 1. The van der Waals surface area contributed by atoms with E-state index in [9.17, 15) is 0 Å². The van der Waals surface area contributed by atoms with Crippen LogP contribution in [0.4, 0.5) is 0 Å². The molecule has 48 valence electrons. The molecule has 0 rings (SSSR count). The molecule has 5 heteroatoms. The highest BCUT2D eigenvalue weighted by Gasteiger charge is 1.59. The van der Waals surface area contributed by atoms with Crippen molar-refractivity contribution < 1.29 is 12.9 Å². The van der Waals surface area contributed by atoms with Crippen LogP contribution in [-0.4, -0.2) is 15.9 Å². The number of hydrogen-bond donors (Lipinski definition) is 0. The van der Waals surface area contributed by atoms with Crippen molar-refractivity contribution in [3.05, 3.63) is 0 Å². The highest BCUT2D eigenvalue weighted by Crippen LogP contribution is 1.63. The van der Waals surface area contributed by atoms with E-state index in [4.69, 9.17) is 14.0 Å². The Morgan fingerprint density at radius 2 is 2.00 bits per heavy atom. The largest absolute Gasteiger partial charge is 0.750 e. The lowest BCUT2D eigenvalue weighted by molar-refractivity contribution is 0.368. The quantitative estimate of drug-likeness (QED) is 0.474. The highest BCUT2D eigenvalue weighted by molar-refractivity contribution is 7.74. The molecule has 0 N–H and O–H groups in total. The lowest BCUT2D eigenvalue weighted by Gasteiger charge is -1.94. The second-order valence-corrected chi connectivity index (χ2v) is 1.34. The zero-order valence-corrected chi connectivity index (χ0v) is 5.40. The van der Waals surface area contributed by atoms with Gasteiger partial charge in [-0.3, -0.25) is 0 Å². The third-order valence-electron chi connectivity index (χ3n) is 0.136. The summed E-state index contributed by atoms with van der Waals surface area (Å²) in [7, 11) is 1.09. The van der Waals surface area contributed by atoms with Crippen LogP contribution in [0.3, 0.4) is 0 Å². The van der Waals surface area contributed by atoms with Gasteiger partial charge in [-0.05, 0) is 0 Å². The van der Waals surface area contributed by atoms with Gasteiger partial charge in [0.05, 0.1) is 24.5 Å². The van der Waals surface area contributed by atoms with Crippen LogP contribution in [0.25, 0.3) is 0 Å². The summed E-state index contributed by atoms with van der Waals surface area (Å²) in [6.07, 6.45) is 0. The Morgan fingerprint density at radius 1 is 1.88 bits per heavy atom. The predicted octanol–water partition coefficient (Wildman–Crippen LogP) is -0.0432. The van der Waals surface area contributed by atoms with Gasteiger partial charge in [0.1, 0.15) is 0 Å². The lowest BCUT2D eigenvalue weighted by Crippen LogP contribution is -1.85. The number of nitriles is 1. The van der Waals surface area contributed by atoms with E-state index < -0.39 is 11.4 Å². The molecule has 0 aliphatic carbocycles. The Morgan fingerprint density at radius 3 is 2.00 bits per heavy atom. The zero-order valence-electron chi connectivity index (χ0n) is 4.58. The van der Waals surface area contributed by atoms with E-state index >= 15 is 0 Å². The molecule has 0 spiro atoms. The van der Waals surface area contributed by atoms with Gasteiger partial charge < -0.3 is 8.74 Å². The summed E-state index contributed by atoms with van der Waals surface area (Å²) < 4.78 is 22.0. The monoisotopic (exact) mass is 136 g/mol. The van der Waals surface area contributed by atoms with Crippen molar-refractivity contribution in [2.24, 2.45) is 0 Å². The minimum atomic E-state index is -2.32. The molecule has 1 atom stereocenters. The van der Waals surface area contributed by atoms with E-state index in [1.165, 1.54) is 6.92 Å². The summed E-state index contributed by atoms with van der Waals surface area (Å²) in [6, 6.07) is 1.75. The number of nitrogens with zero attached hydrogens (tertiary/aromatic N) is 1. The van der Waals surface area contributed by atoms with E-state index in [0.29, 0.717) is 0 Å². The van der Waals surface area contributed by atoms with E-state index in [1.807, 2.05) is 0 Å². The third kappa shape index (κ3) is 47.5. The lowest BCUT2D eigenvalue weighted by atomic mass is 11.0. The molecule has 0 amide bonds. The predicted molar refractivity (Wildman–Crippen MR) is 27.2 cm³/mol. The maximum atomic E-state index is 9.15. The molecule has 0 aromatic rings. The van der Waals surface area contributed by atoms with Gasteiger partial charge in [0.15, 0.2) is 0 Å². The van der Waals surface area contributed by atoms with Gasteiger partial charge in [-0.1, -0.05) is 0 Å². The van der Waals surface area contributed by atoms with Gasteiger partial charge in [0.2, 0.25) is 0 Å². The van der Waals surface area contributed by atoms with Gasteiger partial charge in [-0.25, -0.2) is 4.21 Å². The standard InChI is InChI=1S/C2H3N.CH4O3S/c1-2-3;1-4-5(2)3/h1H3;1H3,(H,2,3)/p-1. The highest BCUT2D eigenvalue weighted by atomic mass is 32.2. The first-order valence-electron chi connectivity index (χ1n) is 1.63. The normalized spacial score (nSPS) is 10.2. The smallest absolute Gasteiger partial charge is 0.0839 e. The van der Waals surface area contributed by atoms with Crippen LogP contribution < -0.4 is 0 Å². The van der Waals surface area contributed by atoms with Gasteiger partial charge in [-0.2, -0.15) is 5.26 Å². The summed E-state index contributed by atoms with van der Waals surface area (Å²) in [5.41, 5.74) is 0. The molecule has 0 aliphatic rings. The molecule has 0 bridgehead atoms. The summed E-state index contributed by atoms with van der Waals surface area (Å²) in [5.74, 6) is 0.